The van der Waals surface area contributed by atoms with Crippen LogP contribution in [0, 0.1) is 16.0 Å². The number of non-ortho nitro benzene ring substituents is 1. The van der Waals surface area contributed by atoms with E-state index in [4.69, 9.17) is 5.73 Å². The van der Waals surface area contributed by atoms with Gasteiger partial charge in [0.05, 0.1) is 16.9 Å². The van der Waals surface area contributed by atoms with E-state index >= 15 is 0 Å². The molecule has 0 saturated carbocycles. The van der Waals surface area contributed by atoms with Crippen LogP contribution in [0.25, 0.3) is 0 Å². The van der Waals surface area contributed by atoms with E-state index in [1.807, 2.05) is 0 Å². The Morgan fingerprint density at radius 1 is 1.35 bits per heavy atom. The second-order valence-electron chi connectivity index (χ2n) is 6.10. The van der Waals surface area contributed by atoms with E-state index in [0.29, 0.717) is 25.9 Å². The monoisotopic (exact) mass is 384 g/mol. The highest BCUT2D eigenvalue weighted by atomic mass is 32.2. The Morgan fingerprint density at radius 3 is 2.46 bits per heavy atom. The lowest BCUT2D eigenvalue weighted by Crippen LogP contribution is -2.47. The lowest BCUT2D eigenvalue weighted by atomic mass is 9.96. The Balaban J connectivity index is 2.17. The van der Waals surface area contributed by atoms with Gasteiger partial charge in [0.25, 0.3) is 5.69 Å². The quantitative estimate of drug-likeness (QED) is 0.543. The molecule has 1 heterocycles. The van der Waals surface area contributed by atoms with Gasteiger partial charge >= 0.3 is 0 Å². The first-order chi connectivity index (χ1) is 12.1. The third-order valence-electron chi connectivity index (χ3n) is 4.26. The summed E-state index contributed by atoms with van der Waals surface area (Å²) in [6.07, 6.45) is 1.78. The Bertz CT molecular complexity index is 817. The van der Waals surface area contributed by atoms with Gasteiger partial charge < -0.3 is 10.6 Å². The molecule has 0 bridgehead atoms. The second-order valence-corrected chi connectivity index (χ2v) is 8.01. The lowest BCUT2D eigenvalue weighted by Gasteiger charge is -2.32. The molecule has 1 aromatic carbocycles. The molecule has 0 radical (unpaired) electrons. The summed E-state index contributed by atoms with van der Waals surface area (Å²) < 4.78 is 25.0. The number of sulfonamides is 1. The molecule has 1 aromatic rings. The van der Waals surface area contributed by atoms with Gasteiger partial charge in [0.1, 0.15) is 6.54 Å². The van der Waals surface area contributed by atoms with Gasteiger partial charge in [-0.3, -0.25) is 24.0 Å². The Morgan fingerprint density at radius 2 is 1.96 bits per heavy atom. The molecule has 1 aliphatic heterocycles. The molecule has 1 aliphatic rings. The Hall–Kier alpha value is -2.69. The van der Waals surface area contributed by atoms with Crippen LogP contribution in [0.2, 0.25) is 0 Å². The number of nitrogens with zero attached hydrogens (tertiary/aromatic N) is 3. The van der Waals surface area contributed by atoms with Crippen molar-refractivity contribution < 1.29 is 22.9 Å². The minimum atomic E-state index is -3.83. The molecular weight excluding hydrogens is 364 g/mol. The van der Waals surface area contributed by atoms with Crippen LogP contribution < -0.4 is 10.0 Å². The number of rotatable bonds is 6. The highest BCUT2D eigenvalue weighted by molar-refractivity contribution is 7.92. The fourth-order valence-corrected chi connectivity index (χ4v) is 3.64. The third-order valence-corrected chi connectivity index (χ3v) is 5.40. The number of likely N-dealkylation sites (tertiary alicyclic amines) is 1. The van der Waals surface area contributed by atoms with Gasteiger partial charge in [-0.25, -0.2) is 8.42 Å². The molecule has 10 nitrogen and oxygen atoms in total. The maximum absolute atomic E-state index is 12.5. The topological polar surface area (TPSA) is 144 Å². The van der Waals surface area contributed by atoms with Gasteiger partial charge in [-0.15, -0.1) is 0 Å². The fraction of sp³-hybridized carbons (Fsp3) is 0.467. The molecule has 2 amide bonds. The number of anilines is 1. The first-order valence-corrected chi connectivity index (χ1v) is 9.73. The number of hydrogen-bond donors (Lipinski definition) is 1. The van der Waals surface area contributed by atoms with Crippen molar-refractivity contribution in [1.82, 2.24) is 4.90 Å². The molecule has 0 aliphatic carbocycles. The average Bonchev–Trinajstić information content (AvgIpc) is 2.58. The maximum Gasteiger partial charge on any atom is 0.271 e. The summed E-state index contributed by atoms with van der Waals surface area (Å²) in [5, 5.41) is 10.9. The van der Waals surface area contributed by atoms with Crippen molar-refractivity contribution in [1.29, 1.82) is 0 Å². The number of carbonyl (C=O) groups excluding carboxylic acids is 2. The van der Waals surface area contributed by atoms with Gasteiger partial charge in [-0.1, -0.05) is 6.07 Å². The molecule has 0 spiro atoms. The van der Waals surface area contributed by atoms with Crippen LogP contribution in [0.3, 0.4) is 0 Å². The largest absolute Gasteiger partial charge is 0.369 e. The summed E-state index contributed by atoms with van der Waals surface area (Å²) in [6, 6.07) is 5.09. The van der Waals surface area contributed by atoms with E-state index in [9.17, 15) is 28.1 Å². The molecule has 26 heavy (non-hydrogen) atoms. The molecular formula is C15H20N4O6S. The molecule has 0 atom stereocenters. The molecule has 0 unspecified atom stereocenters. The lowest BCUT2D eigenvalue weighted by molar-refractivity contribution is -0.384. The first-order valence-electron chi connectivity index (χ1n) is 7.89. The predicted molar refractivity (Wildman–Crippen MR) is 93.8 cm³/mol. The Kier molecular flexibility index (Phi) is 5.80. The SMILES string of the molecule is CS(=O)(=O)N(CC(=O)N1CCC(C(N)=O)CC1)c1cccc([N+](=O)[O-])c1. The van der Waals surface area contributed by atoms with Gasteiger partial charge in [0, 0.05) is 31.1 Å². The number of carbonyl (C=O) groups is 2. The van der Waals surface area contributed by atoms with Gasteiger partial charge in [0.2, 0.25) is 21.8 Å². The van der Waals surface area contributed by atoms with Crippen molar-refractivity contribution >= 4 is 33.2 Å². The molecule has 2 N–H and O–H groups in total. The summed E-state index contributed by atoms with van der Waals surface area (Å²) in [7, 11) is -3.83. The van der Waals surface area contributed by atoms with E-state index in [-0.39, 0.29) is 17.3 Å². The summed E-state index contributed by atoms with van der Waals surface area (Å²) in [5.41, 5.74) is 5.03. The highest BCUT2D eigenvalue weighted by Gasteiger charge is 2.29. The number of nitrogens with two attached hydrogens (primary N) is 1. The van der Waals surface area contributed by atoms with Crippen LogP contribution in [-0.4, -0.2) is 55.9 Å². The number of nitro groups is 1. The Labute approximate surface area is 150 Å². The van der Waals surface area contributed by atoms with Crippen molar-refractivity contribution in [2.24, 2.45) is 11.7 Å². The van der Waals surface area contributed by atoms with Crippen molar-refractivity contribution in [3.05, 3.63) is 34.4 Å². The van der Waals surface area contributed by atoms with Gasteiger partial charge in [-0.05, 0) is 18.9 Å². The molecule has 0 aromatic heterocycles. The zero-order valence-electron chi connectivity index (χ0n) is 14.2. The standard InChI is InChI=1S/C15H20N4O6S/c1-26(24,25)18(12-3-2-4-13(9-12)19(22)23)10-14(20)17-7-5-11(6-8-17)15(16)21/h2-4,9,11H,5-8,10H2,1H3,(H2,16,21). The molecule has 142 valence electrons. The van der Waals surface area contributed by atoms with E-state index in [1.54, 1.807) is 0 Å². The summed E-state index contributed by atoms with van der Waals surface area (Å²) >= 11 is 0. The maximum atomic E-state index is 12.5. The smallest absolute Gasteiger partial charge is 0.271 e. The number of nitro benzene ring substituents is 1. The van der Waals surface area contributed by atoms with Crippen LogP contribution in [0.15, 0.2) is 24.3 Å². The minimum Gasteiger partial charge on any atom is -0.369 e. The van der Waals surface area contributed by atoms with Crippen LogP contribution in [-0.2, 0) is 19.6 Å². The number of primary amides is 1. The van der Waals surface area contributed by atoms with Crippen molar-refractivity contribution in [2.45, 2.75) is 12.8 Å². The number of benzene rings is 1. The average molecular weight is 384 g/mol. The van der Waals surface area contributed by atoms with Crippen molar-refractivity contribution in [2.75, 3.05) is 30.2 Å². The van der Waals surface area contributed by atoms with E-state index in [2.05, 4.69) is 0 Å². The van der Waals surface area contributed by atoms with E-state index < -0.39 is 33.3 Å². The molecule has 11 heteroatoms. The molecule has 1 saturated heterocycles. The van der Waals surface area contributed by atoms with Crippen LogP contribution in [0.5, 0.6) is 0 Å². The fourth-order valence-electron chi connectivity index (χ4n) is 2.80. The third kappa shape index (κ3) is 4.69. The first kappa shape index (κ1) is 19.6. The normalized spacial score (nSPS) is 15.5. The van der Waals surface area contributed by atoms with Crippen LogP contribution >= 0.6 is 0 Å². The van der Waals surface area contributed by atoms with E-state index in [0.717, 1.165) is 16.6 Å². The predicted octanol–water partition coefficient (Wildman–Crippen LogP) is 0.0847. The van der Waals surface area contributed by atoms with Gasteiger partial charge in [0.15, 0.2) is 0 Å². The van der Waals surface area contributed by atoms with Crippen molar-refractivity contribution in [3.8, 4) is 0 Å². The molecule has 2 rings (SSSR count). The van der Waals surface area contributed by atoms with E-state index in [1.165, 1.54) is 23.1 Å². The second kappa shape index (κ2) is 7.68. The van der Waals surface area contributed by atoms with Crippen LogP contribution in [0.4, 0.5) is 11.4 Å². The van der Waals surface area contributed by atoms with Gasteiger partial charge in [-0.2, -0.15) is 0 Å². The van der Waals surface area contributed by atoms with Crippen LogP contribution in [0.1, 0.15) is 12.8 Å². The number of hydrogen-bond acceptors (Lipinski definition) is 6. The summed E-state index contributed by atoms with van der Waals surface area (Å²) in [6.45, 7) is 0.138. The minimum absolute atomic E-state index is 0.0436. The number of amides is 2. The number of piperidine rings is 1. The molecule has 1 fully saturated rings. The zero-order chi connectivity index (χ0) is 19.5. The summed E-state index contributed by atoms with van der Waals surface area (Å²) in [5.74, 6) is -1.14. The van der Waals surface area contributed by atoms with Crippen molar-refractivity contribution in [3.63, 3.8) is 0 Å². The highest BCUT2D eigenvalue weighted by Crippen LogP contribution is 2.24. The summed E-state index contributed by atoms with van der Waals surface area (Å²) in [4.78, 5) is 35.4. The zero-order valence-corrected chi connectivity index (χ0v) is 15.0.